The Labute approximate surface area is 110 Å². The Balaban J connectivity index is 2.56. The maximum atomic E-state index is 11.8. The second-order valence-electron chi connectivity index (χ2n) is 4.19. The summed E-state index contributed by atoms with van der Waals surface area (Å²) in [6.07, 6.45) is 0.232. The van der Waals surface area contributed by atoms with Gasteiger partial charge in [-0.15, -0.1) is 0 Å². The number of hydrogen-bond acceptors (Lipinski definition) is 3. The second kappa shape index (κ2) is 4.96. The number of benzene rings is 1. The number of nitrogens with one attached hydrogen (secondary N) is 1. The second-order valence-corrected chi connectivity index (χ2v) is 4.60. The van der Waals surface area contributed by atoms with Crippen molar-refractivity contribution in [3.05, 3.63) is 22.7 Å². The van der Waals surface area contributed by atoms with Crippen LogP contribution in [0.2, 0.25) is 5.02 Å². The van der Waals surface area contributed by atoms with Gasteiger partial charge in [0.1, 0.15) is 0 Å². The van der Waals surface area contributed by atoms with Gasteiger partial charge in [-0.2, -0.15) is 0 Å². The summed E-state index contributed by atoms with van der Waals surface area (Å²) in [5, 5.41) is 3.15. The molecule has 0 saturated carbocycles. The smallest absolute Gasteiger partial charge is 0.240 e. The fourth-order valence-electron chi connectivity index (χ4n) is 1.97. The van der Waals surface area contributed by atoms with Crippen molar-refractivity contribution >= 4 is 34.8 Å². The first-order chi connectivity index (χ1) is 8.52. The number of halogens is 1. The Kier molecular flexibility index (Phi) is 3.54. The summed E-state index contributed by atoms with van der Waals surface area (Å²) < 4.78 is 0. The van der Waals surface area contributed by atoms with Crippen molar-refractivity contribution in [1.82, 2.24) is 0 Å². The molecule has 5 nitrogen and oxygen atoms in total. The average Bonchev–Trinajstić information content (AvgIpc) is 2.48. The molecule has 1 aromatic rings. The Bertz CT molecular complexity index is 516. The summed E-state index contributed by atoms with van der Waals surface area (Å²) >= 11 is 6.11. The van der Waals surface area contributed by atoms with Crippen LogP contribution < -0.4 is 16.0 Å². The zero-order chi connectivity index (χ0) is 13.3. The molecule has 2 rings (SSSR count). The van der Waals surface area contributed by atoms with Crippen molar-refractivity contribution in [1.29, 1.82) is 0 Å². The Morgan fingerprint density at radius 2 is 2.28 bits per heavy atom. The van der Waals surface area contributed by atoms with E-state index < -0.39 is 0 Å². The van der Waals surface area contributed by atoms with Crippen LogP contribution in [0.1, 0.15) is 12.0 Å². The van der Waals surface area contributed by atoms with Crippen molar-refractivity contribution in [2.75, 3.05) is 23.3 Å². The fraction of sp³-hybridized carbons (Fsp3) is 0.333. The van der Waals surface area contributed by atoms with Crippen LogP contribution in [0.5, 0.6) is 0 Å². The largest absolute Gasteiger partial charge is 0.323 e. The minimum atomic E-state index is -0.227. The number of nitrogens with two attached hydrogens (primary N) is 1. The molecule has 96 valence electrons. The van der Waals surface area contributed by atoms with Gasteiger partial charge in [0.05, 0.1) is 22.9 Å². The molecule has 0 saturated heterocycles. The molecule has 0 unspecified atom stereocenters. The molecule has 1 aliphatic heterocycles. The first-order valence-corrected chi connectivity index (χ1v) is 6.01. The molecule has 6 heteroatoms. The Morgan fingerprint density at radius 3 is 2.94 bits per heavy atom. The number of carbonyl (C=O) groups excluding carboxylic acids is 2. The van der Waals surface area contributed by atoms with Crippen LogP contribution in [0.25, 0.3) is 0 Å². The minimum absolute atomic E-state index is 0.0980. The predicted octanol–water partition coefficient (Wildman–Crippen LogP) is 1.28. The number of rotatable bonds is 1. The number of anilines is 2. The summed E-state index contributed by atoms with van der Waals surface area (Å²) in [7, 11) is 0. The molecule has 0 fully saturated rings. The zero-order valence-electron chi connectivity index (χ0n) is 10.00. The maximum absolute atomic E-state index is 11.8. The van der Waals surface area contributed by atoms with Gasteiger partial charge in [-0.05, 0) is 24.6 Å². The van der Waals surface area contributed by atoms with E-state index in [1.54, 1.807) is 6.07 Å². The molecule has 0 spiro atoms. The van der Waals surface area contributed by atoms with E-state index >= 15 is 0 Å². The van der Waals surface area contributed by atoms with Gasteiger partial charge in [0.15, 0.2) is 0 Å². The average molecular weight is 268 g/mol. The number of aryl methyl sites for hydroxylation is 1. The summed E-state index contributed by atoms with van der Waals surface area (Å²) in [5.74, 6) is -0.385. The molecule has 0 bridgehead atoms. The monoisotopic (exact) mass is 267 g/mol. The number of amides is 2. The molecular formula is C12H14ClN3O2. The van der Waals surface area contributed by atoms with E-state index in [-0.39, 0.29) is 24.8 Å². The Hall–Kier alpha value is -1.59. The third-order valence-corrected chi connectivity index (χ3v) is 3.11. The quantitative estimate of drug-likeness (QED) is 0.805. The van der Waals surface area contributed by atoms with Gasteiger partial charge < -0.3 is 16.0 Å². The van der Waals surface area contributed by atoms with Gasteiger partial charge in [0.2, 0.25) is 11.8 Å². The lowest BCUT2D eigenvalue weighted by atomic mass is 10.1. The lowest BCUT2D eigenvalue weighted by Crippen LogP contribution is -2.36. The standard InChI is InChI=1S/C12H14ClN3O2/c1-7-4-8(13)12-9(5-7)16(11(18)6-14)3-2-10(17)15-12/h4-5H,2-3,6,14H2,1H3,(H,15,17). The minimum Gasteiger partial charge on any atom is -0.323 e. The summed E-state index contributed by atoms with van der Waals surface area (Å²) in [6.45, 7) is 2.10. The van der Waals surface area contributed by atoms with E-state index in [1.165, 1.54) is 4.90 Å². The zero-order valence-corrected chi connectivity index (χ0v) is 10.8. The highest BCUT2D eigenvalue weighted by atomic mass is 35.5. The van der Waals surface area contributed by atoms with Crippen molar-refractivity contribution < 1.29 is 9.59 Å². The van der Waals surface area contributed by atoms with Crippen LogP contribution in [0.3, 0.4) is 0 Å². The van der Waals surface area contributed by atoms with Gasteiger partial charge in [-0.25, -0.2) is 0 Å². The van der Waals surface area contributed by atoms with Crippen molar-refractivity contribution in [3.63, 3.8) is 0 Å². The number of hydrogen-bond donors (Lipinski definition) is 2. The van der Waals surface area contributed by atoms with Gasteiger partial charge in [0.25, 0.3) is 0 Å². The van der Waals surface area contributed by atoms with E-state index in [2.05, 4.69) is 5.32 Å². The SMILES string of the molecule is Cc1cc(Cl)c2c(c1)N(C(=O)CN)CCC(=O)N2. The summed E-state index contributed by atoms with van der Waals surface area (Å²) in [4.78, 5) is 24.9. The normalized spacial score (nSPS) is 14.8. The highest BCUT2D eigenvalue weighted by Crippen LogP contribution is 2.36. The van der Waals surface area contributed by atoms with Crippen LogP contribution in [0.15, 0.2) is 12.1 Å². The van der Waals surface area contributed by atoms with Gasteiger partial charge in [-0.3, -0.25) is 9.59 Å². The van der Waals surface area contributed by atoms with Crippen LogP contribution in [-0.2, 0) is 9.59 Å². The molecule has 1 aromatic carbocycles. The first-order valence-electron chi connectivity index (χ1n) is 5.63. The first kappa shape index (κ1) is 12.9. The molecule has 0 aliphatic carbocycles. The van der Waals surface area contributed by atoms with E-state index in [1.807, 2.05) is 13.0 Å². The van der Waals surface area contributed by atoms with E-state index in [9.17, 15) is 9.59 Å². The summed E-state index contributed by atoms with van der Waals surface area (Å²) in [6, 6.07) is 3.57. The molecule has 1 aliphatic rings. The third-order valence-electron chi connectivity index (χ3n) is 2.81. The van der Waals surface area contributed by atoms with E-state index in [4.69, 9.17) is 17.3 Å². The van der Waals surface area contributed by atoms with E-state index in [0.29, 0.717) is 22.9 Å². The molecular weight excluding hydrogens is 254 g/mol. The number of carbonyl (C=O) groups is 2. The molecule has 0 radical (unpaired) electrons. The van der Waals surface area contributed by atoms with Crippen molar-refractivity contribution in [2.45, 2.75) is 13.3 Å². The van der Waals surface area contributed by atoms with Crippen molar-refractivity contribution in [3.8, 4) is 0 Å². The number of fused-ring (bicyclic) bond motifs is 1. The predicted molar refractivity (Wildman–Crippen MR) is 70.8 cm³/mol. The molecule has 0 aromatic heterocycles. The molecule has 18 heavy (non-hydrogen) atoms. The van der Waals surface area contributed by atoms with Gasteiger partial charge in [-0.1, -0.05) is 11.6 Å². The van der Waals surface area contributed by atoms with Gasteiger partial charge >= 0.3 is 0 Å². The molecule has 2 amide bonds. The van der Waals surface area contributed by atoms with Crippen LogP contribution in [0, 0.1) is 6.92 Å². The lowest BCUT2D eigenvalue weighted by Gasteiger charge is -2.22. The molecule has 1 heterocycles. The summed E-state index contributed by atoms with van der Waals surface area (Å²) in [5.41, 5.74) is 7.40. The van der Waals surface area contributed by atoms with Crippen LogP contribution in [-0.4, -0.2) is 24.9 Å². The van der Waals surface area contributed by atoms with E-state index in [0.717, 1.165) is 5.56 Å². The fourth-order valence-corrected chi connectivity index (χ4v) is 2.28. The maximum Gasteiger partial charge on any atom is 0.240 e. The highest BCUT2D eigenvalue weighted by Gasteiger charge is 2.25. The van der Waals surface area contributed by atoms with Crippen LogP contribution in [0.4, 0.5) is 11.4 Å². The van der Waals surface area contributed by atoms with Crippen molar-refractivity contribution in [2.24, 2.45) is 5.73 Å². The molecule has 0 atom stereocenters. The Morgan fingerprint density at radius 1 is 1.56 bits per heavy atom. The third kappa shape index (κ3) is 2.32. The van der Waals surface area contributed by atoms with Crippen LogP contribution >= 0.6 is 11.6 Å². The highest BCUT2D eigenvalue weighted by molar-refractivity contribution is 6.35. The van der Waals surface area contributed by atoms with Gasteiger partial charge in [0, 0.05) is 13.0 Å². The molecule has 3 N–H and O–H groups in total. The number of nitrogens with zero attached hydrogens (tertiary/aromatic N) is 1. The lowest BCUT2D eigenvalue weighted by molar-refractivity contribution is -0.117. The topological polar surface area (TPSA) is 75.4 Å².